The molecule has 0 bridgehead atoms. The number of hydrogen-bond donors (Lipinski definition) is 2. The molecule has 0 saturated carbocycles. The minimum absolute atomic E-state index is 0.129. The van der Waals surface area contributed by atoms with Gasteiger partial charge in [-0.25, -0.2) is 0 Å². The Morgan fingerprint density at radius 2 is 1.90 bits per heavy atom. The molecule has 2 aliphatic rings. The van der Waals surface area contributed by atoms with Crippen molar-refractivity contribution in [3.05, 3.63) is 64.7 Å². The van der Waals surface area contributed by atoms with Crippen LogP contribution in [0.5, 0.6) is 0 Å². The van der Waals surface area contributed by atoms with E-state index in [0.29, 0.717) is 36.1 Å². The van der Waals surface area contributed by atoms with Gasteiger partial charge in [0.1, 0.15) is 6.04 Å². The molecule has 0 spiro atoms. The number of hydrogen-bond acceptors (Lipinski definition) is 4. The van der Waals surface area contributed by atoms with Crippen LogP contribution in [-0.4, -0.2) is 34.6 Å². The van der Waals surface area contributed by atoms with Gasteiger partial charge in [-0.2, -0.15) is 0 Å². The van der Waals surface area contributed by atoms with Gasteiger partial charge >= 0.3 is 0 Å². The first-order chi connectivity index (χ1) is 14.4. The highest BCUT2D eigenvalue weighted by Gasteiger charge is 2.39. The van der Waals surface area contributed by atoms with Crippen molar-refractivity contribution in [2.75, 3.05) is 5.32 Å². The Kier molecular flexibility index (Phi) is 5.35. The molecule has 4 rings (SSSR count). The Morgan fingerprint density at radius 1 is 1.13 bits per heavy atom. The molecular weight excluding hydrogens is 382 g/mol. The first kappa shape index (κ1) is 19.8. The third-order valence-electron chi connectivity index (χ3n) is 5.62. The van der Waals surface area contributed by atoms with Crippen molar-refractivity contribution in [3.8, 4) is 0 Å². The highest BCUT2D eigenvalue weighted by atomic mass is 16.2. The van der Waals surface area contributed by atoms with E-state index < -0.39 is 11.9 Å². The molecule has 30 heavy (non-hydrogen) atoms. The number of imide groups is 1. The number of fused-ring (bicyclic) bond motifs is 1. The topological polar surface area (TPSA) is 95.6 Å². The number of nitrogens with one attached hydrogen (secondary N) is 2. The number of piperidine rings is 1. The first-order valence-electron chi connectivity index (χ1n) is 10.0. The van der Waals surface area contributed by atoms with Crippen LogP contribution in [0.3, 0.4) is 0 Å². The molecular formula is C23H23N3O4. The molecule has 2 aromatic carbocycles. The van der Waals surface area contributed by atoms with E-state index in [1.807, 2.05) is 31.2 Å². The third kappa shape index (κ3) is 3.96. The SMILES string of the molecule is Cc1ccc(CCC(=O)Nc2cccc3c2CN(C2CCC(=O)NC2=O)C3=O)cc1. The molecule has 7 nitrogen and oxygen atoms in total. The summed E-state index contributed by atoms with van der Waals surface area (Å²) in [4.78, 5) is 50.4. The molecule has 2 N–H and O–H groups in total. The zero-order valence-electron chi connectivity index (χ0n) is 16.7. The van der Waals surface area contributed by atoms with E-state index >= 15 is 0 Å². The Labute approximate surface area is 174 Å². The molecule has 1 unspecified atom stereocenters. The monoisotopic (exact) mass is 405 g/mol. The molecule has 2 aliphatic heterocycles. The fourth-order valence-electron chi connectivity index (χ4n) is 3.93. The number of rotatable bonds is 5. The Morgan fingerprint density at radius 3 is 2.63 bits per heavy atom. The van der Waals surface area contributed by atoms with E-state index in [1.165, 1.54) is 10.5 Å². The number of carbonyl (C=O) groups is 4. The molecule has 7 heteroatoms. The summed E-state index contributed by atoms with van der Waals surface area (Å²) < 4.78 is 0. The fraction of sp³-hybridized carbons (Fsp3) is 0.304. The summed E-state index contributed by atoms with van der Waals surface area (Å²) in [5.74, 6) is -1.15. The van der Waals surface area contributed by atoms with Crippen LogP contribution in [0.15, 0.2) is 42.5 Å². The quantitative estimate of drug-likeness (QED) is 0.747. The molecule has 0 aliphatic carbocycles. The van der Waals surface area contributed by atoms with Gasteiger partial charge in [-0.05, 0) is 37.5 Å². The largest absolute Gasteiger partial charge is 0.326 e. The second-order valence-electron chi connectivity index (χ2n) is 7.77. The van der Waals surface area contributed by atoms with Crippen molar-refractivity contribution in [2.45, 2.75) is 45.2 Å². The van der Waals surface area contributed by atoms with Gasteiger partial charge in [0.15, 0.2) is 0 Å². The van der Waals surface area contributed by atoms with E-state index in [2.05, 4.69) is 10.6 Å². The van der Waals surface area contributed by atoms with Crippen molar-refractivity contribution < 1.29 is 19.2 Å². The third-order valence-corrected chi connectivity index (χ3v) is 5.62. The molecule has 4 amide bonds. The summed E-state index contributed by atoms with van der Waals surface area (Å²) in [6.45, 7) is 2.25. The average Bonchev–Trinajstić information content (AvgIpc) is 3.05. The Bertz CT molecular complexity index is 1030. The second kappa shape index (κ2) is 8.10. The molecule has 1 saturated heterocycles. The molecule has 154 valence electrons. The normalized spacial score (nSPS) is 18.2. The summed E-state index contributed by atoms with van der Waals surface area (Å²) in [7, 11) is 0. The lowest BCUT2D eigenvalue weighted by Gasteiger charge is -2.29. The van der Waals surface area contributed by atoms with E-state index in [1.54, 1.807) is 18.2 Å². The highest BCUT2D eigenvalue weighted by molar-refractivity contribution is 6.06. The number of amides is 4. The van der Waals surface area contributed by atoms with Crippen LogP contribution in [0.25, 0.3) is 0 Å². The minimum Gasteiger partial charge on any atom is -0.326 e. The zero-order chi connectivity index (χ0) is 21.3. The first-order valence-corrected chi connectivity index (χ1v) is 10.0. The predicted molar refractivity (Wildman–Crippen MR) is 111 cm³/mol. The fourth-order valence-corrected chi connectivity index (χ4v) is 3.93. The van der Waals surface area contributed by atoms with Crippen LogP contribution >= 0.6 is 0 Å². The summed E-state index contributed by atoms with van der Waals surface area (Å²) in [5, 5.41) is 5.21. The van der Waals surface area contributed by atoms with Crippen LogP contribution in [0.2, 0.25) is 0 Å². The predicted octanol–water partition coefficient (Wildman–Crippen LogP) is 2.33. The lowest BCUT2D eigenvalue weighted by Crippen LogP contribution is -2.52. The maximum atomic E-state index is 12.8. The number of benzene rings is 2. The van der Waals surface area contributed by atoms with Crippen LogP contribution in [0, 0.1) is 6.92 Å². The minimum atomic E-state index is -0.673. The molecule has 2 aromatic rings. The van der Waals surface area contributed by atoms with Crippen molar-refractivity contribution in [3.63, 3.8) is 0 Å². The van der Waals surface area contributed by atoms with Crippen molar-refractivity contribution in [1.29, 1.82) is 0 Å². The molecule has 1 fully saturated rings. The number of aryl methyl sites for hydroxylation is 2. The van der Waals surface area contributed by atoms with Gasteiger partial charge in [-0.1, -0.05) is 35.9 Å². The standard InChI is InChI=1S/C23H23N3O4/c1-14-5-7-15(8-6-14)9-11-20(27)24-18-4-2-3-16-17(18)13-26(23(16)30)19-10-12-21(28)25-22(19)29/h2-8,19H,9-13H2,1H3,(H,24,27)(H,25,28,29). The number of nitrogens with zero attached hydrogens (tertiary/aromatic N) is 1. The summed E-state index contributed by atoms with van der Waals surface area (Å²) in [6, 6.07) is 12.6. The van der Waals surface area contributed by atoms with E-state index in [9.17, 15) is 19.2 Å². The highest BCUT2D eigenvalue weighted by Crippen LogP contribution is 2.32. The van der Waals surface area contributed by atoms with Gasteiger partial charge in [0.2, 0.25) is 17.7 Å². The van der Waals surface area contributed by atoms with E-state index in [0.717, 1.165) is 5.56 Å². The van der Waals surface area contributed by atoms with Gasteiger partial charge in [0.05, 0.1) is 0 Å². The maximum Gasteiger partial charge on any atom is 0.255 e. The van der Waals surface area contributed by atoms with Gasteiger partial charge in [-0.15, -0.1) is 0 Å². The summed E-state index contributed by atoms with van der Waals surface area (Å²) >= 11 is 0. The van der Waals surface area contributed by atoms with E-state index in [-0.39, 0.29) is 30.7 Å². The van der Waals surface area contributed by atoms with Crippen molar-refractivity contribution in [1.82, 2.24) is 10.2 Å². The zero-order valence-corrected chi connectivity index (χ0v) is 16.7. The molecule has 0 aromatic heterocycles. The van der Waals surface area contributed by atoms with Gasteiger partial charge in [0, 0.05) is 36.2 Å². The number of carbonyl (C=O) groups excluding carboxylic acids is 4. The second-order valence-corrected chi connectivity index (χ2v) is 7.77. The number of anilines is 1. The molecule has 2 heterocycles. The van der Waals surface area contributed by atoms with Gasteiger partial charge in [0.25, 0.3) is 5.91 Å². The van der Waals surface area contributed by atoms with Gasteiger partial charge in [-0.3, -0.25) is 24.5 Å². The van der Waals surface area contributed by atoms with Crippen LogP contribution in [0.4, 0.5) is 5.69 Å². The average molecular weight is 405 g/mol. The molecule has 1 atom stereocenters. The van der Waals surface area contributed by atoms with Gasteiger partial charge < -0.3 is 10.2 Å². The maximum absolute atomic E-state index is 12.8. The summed E-state index contributed by atoms with van der Waals surface area (Å²) in [6.07, 6.45) is 1.47. The lowest BCUT2D eigenvalue weighted by atomic mass is 10.0. The Hall–Kier alpha value is -3.48. The van der Waals surface area contributed by atoms with Crippen LogP contribution < -0.4 is 10.6 Å². The molecule has 0 radical (unpaired) electrons. The van der Waals surface area contributed by atoms with Crippen LogP contribution in [-0.2, 0) is 27.3 Å². The lowest BCUT2D eigenvalue weighted by molar-refractivity contribution is -0.137. The van der Waals surface area contributed by atoms with Crippen LogP contribution in [0.1, 0.15) is 46.3 Å². The Balaban J connectivity index is 1.44. The summed E-state index contributed by atoms with van der Waals surface area (Å²) in [5.41, 5.74) is 4.04. The van der Waals surface area contributed by atoms with Crippen molar-refractivity contribution >= 4 is 29.3 Å². The van der Waals surface area contributed by atoms with E-state index in [4.69, 9.17) is 0 Å². The smallest absolute Gasteiger partial charge is 0.255 e. The van der Waals surface area contributed by atoms with Crippen molar-refractivity contribution in [2.24, 2.45) is 0 Å².